The van der Waals surface area contributed by atoms with Crippen molar-refractivity contribution in [1.82, 2.24) is 29.3 Å². The van der Waals surface area contributed by atoms with Gasteiger partial charge in [-0.15, -0.1) is 5.10 Å². The summed E-state index contributed by atoms with van der Waals surface area (Å²) in [5.74, 6) is 0.0575. The zero-order valence-electron chi connectivity index (χ0n) is 19.8. The Morgan fingerprint density at radius 2 is 1.64 bits per heavy atom. The highest BCUT2D eigenvalue weighted by molar-refractivity contribution is 6.33. The van der Waals surface area contributed by atoms with Crippen molar-refractivity contribution in [2.75, 3.05) is 5.32 Å². The molecule has 0 fully saturated rings. The lowest BCUT2D eigenvalue weighted by Crippen LogP contribution is -2.32. The van der Waals surface area contributed by atoms with Gasteiger partial charge in [-0.25, -0.2) is 15.0 Å². The number of aromatic nitrogens is 6. The molecule has 5 aromatic rings. The summed E-state index contributed by atoms with van der Waals surface area (Å²) in [5.41, 5.74) is 0.795. The van der Waals surface area contributed by atoms with Gasteiger partial charge in [0.25, 0.3) is 5.91 Å². The third kappa shape index (κ3) is 4.02. The Balaban J connectivity index is 1.65. The van der Waals surface area contributed by atoms with Crippen LogP contribution in [0.1, 0.15) is 41.2 Å². The molecule has 0 aliphatic carbocycles. The standard InChI is InChI=1S/C26H24ClN7O2/c1-3-33-16-28-25(32-33)31-23(35)19-15-20-22(29-21(19)27)30-24(34(20)4-2)26(36,17-11-7-5-8-12-17)18-13-9-6-10-14-18/h5-16,36H,3-4H2,1-2H3,(H,31,32,35). The number of nitrogens with zero attached hydrogens (tertiary/aromatic N) is 6. The SMILES string of the molecule is CCn1cnc(NC(=O)c2cc3c(nc2Cl)nc(C(O)(c2ccccc2)c2ccccc2)n3CC)n1. The number of carbonyl (C=O) groups is 1. The number of hydrogen-bond donors (Lipinski definition) is 2. The number of fused-ring (bicyclic) bond motifs is 1. The molecule has 0 spiro atoms. The lowest BCUT2D eigenvalue weighted by Gasteiger charge is -2.29. The van der Waals surface area contributed by atoms with Crippen LogP contribution in [0, 0.1) is 0 Å². The fraction of sp³-hybridized carbons (Fsp3) is 0.192. The molecule has 1 amide bonds. The summed E-state index contributed by atoms with van der Waals surface area (Å²) >= 11 is 6.42. The smallest absolute Gasteiger partial charge is 0.261 e. The minimum atomic E-state index is -1.56. The Morgan fingerprint density at radius 3 is 2.19 bits per heavy atom. The third-order valence-corrected chi connectivity index (χ3v) is 6.34. The van der Waals surface area contributed by atoms with Crippen LogP contribution in [0.5, 0.6) is 0 Å². The van der Waals surface area contributed by atoms with Crippen molar-refractivity contribution < 1.29 is 9.90 Å². The lowest BCUT2D eigenvalue weighted by molar-refractivity contribution is 0.102. The molecule has 10 heteroatoms. The summed E-state index contributed by atoms with van der Waals surface area (Å²) in [4.78, 5) is 26.2. The Kier molecular flexibility index (Phi) is 6.26. The molecule has 36 heavy (non-hydrogen) atoms. The third-order valence-electron chi connectivity index (χ3n) is 6.05. The molecule has 0 aliphatic rings. The number of pyridine rings is 1. The first-order valence-electron chi connectivity index (χ1n) is 11.6. The molecule has 9 nitrogen and oxygen atoms in total. The highest BCUT2D eigenvalue weighted by atomic mass is 35.5. The number of benzene rings is 2. The van der Waals surface area contributed by atoms with Crippen LogP contribution < -0.4 is 5.32 Å². The number of imidazole rings is 1. The van der Waals surface area contributed by atoms with Crippen LogP contribution in [0.25, 0.3) is 11.2 Å². The molecular formula is C26H24ClN7O2. The van der Waals surface area contributed by atoms with E-state index in [4.69, 9.17) is 16.6 Å². The molecule has 0 radical (unpaired) electrons. The maximum absolute atomic E-state index is 13.0. The number of halogens is 1. The van der Waals surface area contributed by atoms with Crippen molar-refractivity contribution >= 4 is 34.6 Å². The van der Waals surface area contributed by atoms with Crippen LogP contribution in [-0.4, -0.2) is 40.3 Å². The average molecular weight is 502 g/mol. The summed E-state index contributed by atoms with van der Waals surface area (Å²) in [7, 11) is 0. The molecule has 0 atom stereocenters. The second kappa shape index (κ2) is 9.52. The van der Waals surface area contributed by atoms with Crippen LogP contribution in [0.15, 0.2) is 73.1 Å². The molecule has 2 N–H and O–H groups in total. The van der Waals surface area contributed by atoms with E-state index in [1.54, 1.807) is 10.7 Å². The van der Waals surface area contributed by atoms with Gasteiger partial charge in [-0.2, -0.15) is 0 Å². The van der Waals surface area contributed by atoms with Gasteiger partial charge in [0, 0.05) is 13.1 Å². The number of nitrogens with one attached hydrogen (secondary N) is 1. The largest absolute Gasteiger partial charge is 0.373 e. The molecule has 0 saturated carbocycles. The first-order chi connectivity index (χ1) is 17.5. The molecule has 182 valence electrons. The van der Waals surface area contributed by atoms with Crippen LogP contribution >= 0.6 is 11.6 Å². The Bertz CT molecular complexity index is 1490. The zero-order valence-corrected chi connectivity index (χ0v) is 20.5. The van der Waals surface area contributed by atoms with Gasteiger partial charge < -0.3 is 9.67 Å². The molecule has 0 saturated heterocycles. The van der Waals surface area contributed by atoms with Gasteiger partial charge in [-0.05, 0) is 31.0 Å². The summed E-state index contributed by atoms with van der Waals surface area (Å²) in [5, 5.41) is 19.1. The van der Waals surface area contributed by atoms with Gasteiger partial charge in [0.2, 0.25) is 5.95 Å². The maximum atomic E-state index is 13.0. The minimum Gasteiger partial charge on any atom is -0.373 e. The minimum absolute atomic E-state index is 0.00908. The predicted octanol–water partition coefficient (Wildman–Crippen LogP) is 4.25. The monoisotopic (exact) mass is 501 g/mol. The van der Waals surface area contributed by atoms with E-state index in [0.717, 1.165) is 0 Å². The first-order valence-corrected chi connectivity index (χ1v) is 11.9. The maximum Gasteiger partial charge on any atom is 0.261 e. The van der Waals surface area contributed by atoms with Crippen molar-refractivity contribution in [2.24, 2.45) is 0 Å². The highest BCUT2D eigenvalue weighted by Crippen LogP contribution is 2.38. The van der Waals surface area contributed by atoms with E-state index < -0.39 is 11.5 Å². The van der Waals surface area contributed by atoms with Gasteiger partial charge in [-0.1, -0.05) is 72.3 Å². The lowest BCUT2D eigenvalue weighted by atomic mass is 9.85. The van der Waals surface area contributed by atoms with Crippen molar-refractivity contribution in [1.29, 1.82) is 0 Å². The second-order valence-corrected chi connectivity index (χ2v) is 8.53. The highest BCUT2D eigenvalue weighted by Gasteiger charge is 2.39. The number of anilines is 1. The molecule has 3 aromatic heterocycles. The van der Waals surface area contributed by atoms with Gasteiger partial charge >= 0.3 is 0 Å². The molecule has 0 bridgehead atoms. The number of amides is 1. The van der Waals surface area contributed by atoms with Crippen LogP contribution in [0.2, 0.25) is 5.15 Å². The van der Waals surface area contributed by atoms with Crippen LogP contribution in [-0.2, 0) is 18.7 Å². The number of rotatable bonds is 7. The summed E-state index contributed by atoms with van der Waals surface area (Å²) < 4.78 is 3.45. The summed E-state index contributed by atoms with van der Waals surface area (Å²) in [6, 6.07) is 20.3. The molecule has 0 unspecified atom stereocenters. The van der Waals surface area contributed by atoms with Crippen molar-refractivity contribution in [3.8, 4) is 0 Å². The van der Waals surface area contributed by atoms with E-state index in [1.807, 2.05) is 79.1 Å². The normalized spacial score (nSPS) is 11.7. The quantitative estimate of drug-likeness (QED) is 0.322. The van der Waals surface area contributed by atoms with E-state index >= 15 is 0 Å². The topological polar surface area (TPSA) is 111 Å². The molecule has 3 heterocycles. The van der Waals surface area contributed by atoms with Gasteiger partial charge in [0.15, 0.2) is 17.1 Å². The average Bonchev–Trinajstić information content (AvgIpc) is 3.52. The number of aryl methyl sites for hydroxylation is 2. The molecule has 0 aliphatic heterocycles. The van der Waals surface area contributed by atoms with E-state index in [1.165, 1.54) is 6.33 Å². The van der Waals surface area contributed by atoms with E-state index in [9.17, 15) is 9.90 Å². The van der Waals surface area contributed by atoms with Crippen LogP contribution in [0.3, 0.4) is 0 Å². The summed E-state index contributed by atoms with van der Waals surface area (Å²) in [6.07, 6.45) is 1.53. The van der Waals surface area contributed by atoms with E-state index in [-0.39, 0.29) is 16.7 Å². The zero-order chi connectivity index (χ0) is 25.3. The Hall–Kier alpha value is -4.08. The van der Waals surface area contributed by atoms with Crippen molar-refractivity contribution in [3.63, 3.8) is 0 Å². The van der Waals surface area contributed by atoms with Gasteiger partial charge in [-0.3, -0.25) is 14.8 Å². The van der Waals surface area contributed by atoms with Crippen molar-refractivity contribution in [2.45, 2.75) is 32.5 Å². The fourth-order valence-corrected chi connectivity index (χ4v) is 4.46. The first kappa shape index (κ1) is 23.7. The molecule has 2 aromatic carbocycles. The number of carbonyl (C=O) groups excluding carboxylic acids is 1. The van der Waals surface area contributed by atoms with Crippen LogP contribution in [0.4, 0.5) is 5.95 Å². The van der Waals surface area contributed by atoms with E-state index in [0.29, 0.717) is 41.2 Å². The number of aliphatic hydroxyl groups is 1. The summed E-state index contributed by atoms with van der Waals surface area (Å²) in [6.45, 7) is 4.96. The van der Waals surface area contributed by atoms with Gasteiger partial charge in [0.1, 0.15) is 11.5 Å². The Morgan fingerprint density at radius 1 is 1.00 bits per heavy atom. The van der Waals surface area contributed by atoms with E-state index in [2.05, 4.69) is 20.4 Å². The number of hydrogen-bond acceptors (Lipinski definition) is 6. The van der Waals surface area contributed by atoms with Gasteiger partial charge in [0.05, 0.1) is 11.1 Å². The Labute approximate surface area is 212 Å². The fourth-order valence-electron chi connectivity index (χ4n) is 4.24. The molecule has 5 rings (SSSR count). The molecular weight excluding hydrogens is 478 g/mol. The predicted molar refractivity (Wildman–Crippen MR) is 137 cm³/mol. The van der Waals surface area contributed by atoms with Crippen molar-refractivity contribution in [3.05, 3.63) is 101 Å². The second-order valence-electron chi connectivity index (χ2n) is 8.17.